The number of hydrogen-bond acceptors (Lipinski definition) is 4. The van der Waals surface area contributed by atoms with Crippen LogP contribution in [0.5, 0.6) is 0 Å². The summed E-state index contributed by atoms with van der Waals surface area (Å²) < 4.78 is 8.53. The SMILES string of the molecule is CCCCOC(=O)[C@@H]1[C@H](C(=O)OCCCC)[C@@]2(Cl)C(Cl)=C(Cl)[C@]1(Cl)C2(Cl)Cl. The quantitative estimate of drug-likeness (QED) is 0.242. The van der Waals surface area contributed by atoms with Gasteiger partial charge in [0.1, 0.15) is 9.75 Å². The number of rotatable bonds is 8. The summed E-state index contributed by atoms with van der Waals surface area (Å²) in [5, 5.41) is -0.332. The van der Waals surface area contributed by atoms with Gasteiger partial charge in [0, 0.05) is 0 Å². The van der Waals surface area contributed by atoms with Crippen LogP contribution in [0.15, 0.2) is 10.1 Å². The summed E-state index contributed by atoms with van der Waals surface area (Å²) >= 11 is 38.8. The first-order valence-electron chi connectivity index (χ1n) is 8.68. The molecule has 0 heterocycles. The third-order valence-corrected chi connectivity index (χ3v) is 9.19. The van der Waals surface area contributed by atoms with Crippen LogP contribution in [0.2, 0.25) is 0 Å². The van der Waals surface area contributed by atoms with E-state index in [1.165, 1.54) is 0 Å². The van der Waals surface area contributed by atoms with Gasteiger partial charge >= 0.3 is 11.9 Å². The first-order valence-corrected chi connectivity index (χ1v) is 10.9. The number of alkyl halides is 4. The molecule has 2 bridgehead atoms. The highest BCUT2D eigenvalue weighted by Crippen LogP contribution is 2.76. The zero-order chi connectivity index (χ0) is 20.6. The summed E-state index contributed by atoms with van der Waals surface area (Å²) in [5.74, 6) is -4.22. The Bertz CT molecular complexity index is 599. The molecule has 0 aromatic rings. The van der Waals surface area contributed by atoms with Crippen molar-refractivity contribution in [3.8, 4) is 0 Å². The maximum absolute atomic E-state index is 12.8. The second-order valence-electron chi connectivity index (χ2n) is 6.62. The third kappa shape index (κ3) is 3.37. The van der Waals surface area contributed by atoms with E-state index in [0.717, 1.165) is 12.8 Å². The lowest BCUT2D eigenvalue weighted by Crippen LogP contribution is -2.46. The maximum Gasteiger partial charge on any atom is 0.312 e. The molecule has 0 aromatic heterocycles. The predicted octanol–water partition coefficient (Wildman–Crippen LogP) is 5.75. The Morgan fingerprint density at radius 2 is 1.15 bits per heavy atom. The van der Waals surface area contributed by atoms with Crippen molar-refractivity contribution in [2.24, 2.45) is 11.8 Å². The summed E-state index contributed by atoms with van der Waals surface area (Å²) in [6, 6.07) is 0. The summed E-state index contributed by atoms with van der Waals surface area (Å²) in [5.41, 5.74) is 0. The van der Waals surface area contributed by atoms with Gasteiger partial charge < -0.3 is 9.47 Å². The Balaban J connectivity index is 2.47. The van der Waals surface area contributed by atoms with Crippen LogP contribution in [-0.4, -0.2) is 39.2 Å². The van der Waals surface area contributed by atoms with Crippen molar-refractivity contribution in [2.75, 3.05) is 13.2 Å². The average Bonchev–Trinajstić information content (AvgIpc) is 2.82. The van der Waals surface area contributed by atoms with Crippen molar-refractivity contribution in [2.45, 2.75) is 53.6 Å². The fraction of sp³-hybridized carbons (Fsp3) is 0.765. The second kappa shape index (κ2) is 8.65. The molecule has 2 rings (SSSR count). The fourth-order valence-electron chi connectivity index (χ4n) is 3.39. The van der Waals surface area contributed by atoms with Crippen LogP contribution in [0, 0.1) is 11.8 Å². The highest BCUT2D eigenvalue weighted by atomic mass is 35.5. The number of hydrogen-bond donors (Lipinski definition) is 0. The number of ether oxygens (including phenoxy) is 2. The normalized spacial score (nSPS) is 34.1. The van der Waals surface area contributed by atoms with Crippen LogP contribution in [0.25, 0.3) is 0 Å². The highest BCUT2D eigenvalue weighted by molar-refractivity contribution is 6.66. The van der Waals surface area contributed by atoms with Gasteiger partial charge in [0.15, 0.2) is 4.33 Å². The lowest BCUT2D eigenvalue weighted by Gasteiger charge is -2.33. The van der Waals surface area contributed by atoms with Crippen LogP contribution < -0.4 is 0 Å². The van der Waals surface area contributed by atoms with Crippen LogP contribution in [0.4, 0.5) is 0 Å². The molecule has 0 saturated heterocycles. The largest absolute Gasteiger partial charge is 0.465 e. The number of carbonyl (C=O) groups is 2. The van der Waals surface area contributed by atoms with E-state index in [0.29, 0.717) is 12.8 Å². The maximum atomic E-state index is 12.8. The number of fused-ring (bicyclic) bond motifs is 2. The van der Waals surface area contributed by atoms with Crippen molar-refractivity contribution in [1.82, 2.24) is 0 Å². The monoisotopic (exact) mass is 498 g/mol. The van der Waals surface area contributed by atoms with Gasteiger partial charge in [0.05, 0.1) is 35.1 Å². The molecule has 1 fully saturated rings. The third-order valence-electron chi connectivity index (χ3n) is 4.93. The molecule has 0 amide bonds. The van der Waals surface area contributed by atoms with E-state index in [-0.39, 0.29) is 23.3 Å². The zero-order valence-corrected chi connectivity index (χ0v) is 19.3. The van der Waals surface area contributed by atoms with Gasteiger partial charge in [-0.05, 0) is 12.8 Å². The van der Waals surface area contributed by atoms with Crippen molar-refractivity contribution in [1.29, 1.82) is 0 Å². The molecular formula is C17H20Cl6O4. The first-order chi connectivity index (χ1) is 12.5. The molecule has 27 heavy (non-hydrogen) atoms. The number of carbonyl (C=O) groups excluding carboxylic acids is 2. The summed E-state index contributed by atoms with van der Waals surface area (Å²) in [6.07, 6.45) is 2.91. The molecule has 0 aliphatic heterocycles. The van der Waals surface area contributed by atoms with Gasteiger partial charge in [0.25, 0.3) is 0 Å². The molecule has 0 spiro atoms. The minimum atomic E-state index is -2.03. The zero-order valence-electron chi connectivity index (χ0n) is 14.8. The Labute approximate surface area is 188 Å². The average molecular weight is 501 g/mol. The number of allylic oxidation sites excluding steroid dienone is 2. The van der Waals surface area contributed by atoms with E-state index in [1.807, 2.05) is 13.8 Å². The van der Waals surface area contributed by atoms with Crippen molar-refractivity contribution < 1.29 is 19.1 Å². The minimum absolute atomic E-state index is 0.151. The lowest BCUT2D eigenvalue weighted by atomic mass is 9.82. The standard InChI is InChI=1S/C17H20Cl6O4/c1-3-5-7-26-13(24)9-10(14(25)27-8-6-4-2)16(21)12(19)11(18)15(9,20)17(16,22)23/h9-10H,3-8H2,1-2H3/t9-,10+,15-,16+. The Morgan fingerprint density at radius 3 is 1.44 bits per heavy atom. The summed E-state index contributed by atoms with van der Waals surface area (Å²) in [4.78, 5) is 21.8. The van der Waals surface area contributed by atoms with E-state index in [4.69, 9.17) is 79.1 Å². The van der Waals surface area contributed by atoms with Gasteiger partial charge in [-0.3, -0.25) is 9.59 Å². The highest BCUT2D eigenvalue weighted by Gasteiger charge is 2.85. The van der Waals surface area contributed by atoms with E-state index in [2.05, 4.69) is 0 Å². The van der Waals surface area contributed by atoms with E-state index < -0.39 is 37.9 Å². The molecule has 154 valence electrons. The Hall–Kier alpha value is 0.420. The van der Waals surface area contributed by atoms with Gasteiger partial charge in [-0.2, -0.15) is 0 Å². The van der Waals surface area contributed by atoms with Crippen LogP contribution >= 0.6 is 69.6 Å². The molecule has 4 atom stereocenters. The van der Waals surface area contributed by atoms with Gasteiger partial charge in [0.2, 0.25) is 0 Å². The minimum Gasteiger partial charge on any atom is -0.465 e. The molecule has 4 nitrogen and oxygen atoms in total. The fourth-order valence-corrected chi connectivity index (χ4v) is 6.31. The topological polar surface area (TPSA) is 52.6 Å². The lowest BCUT2D eigenvalue weighted by molar-refractivity contribution is -0.160. The van der Waals surface area contributed by atoms with E-state index in [9.17, 15) is 9.59 Å². The Morgan fingerprint density at radius 1 is 0.815 bits per heavy atom. The molecule has 1 saturated carbocycles. The van der Waals surface area contributed by atoms with Crippen molar-refractivity contribution in [3.63, 3.8) is 0 Å². The number of halogens is 6. The van der Waals surface area contributed by atoms with Crippen LogP contribution in [0.1, 0.15) is 39.5 Å². The van der Waals surface area contributed by atoms with Gasteiger partial charge in [-0.25, -0.2) is 0 Å². The van der Waals surface area contributed by atoms with E-state index >= 15 is 0 Å². The molecule has 0 radical (unpaired) electrons. The second-order valence-corrected chi connectivity index (χ2v) is 9.90. The van der Waals surface area contributed by atoms with E-state index in [1.54, 1.807) is 0 Å². The molecule has 2 aliphatic carbocycles. The molecule has 2 aliphatic rings. The van der Waals surface area contributed by atoms with Gasteiger partial charge in [-0.15, -0.1) is 23.2 Å². The molecule has 0 unspecified atom stereocenters. The summed E-state index contributed by atoms with van der Waals surface area (Å²) in [6.45, 7) is 4.19. The first kappa shape index (κ1) is 23.7. The van der Waals surface area contributed by atoms with Crippen LogP contribution in [-0.2, 0) is 19.1 Å². The Kier molecular flexibility index (Phi) is 7.59. The molecule has 0 aromatic carbocycles. The van der Waals surface area contributed by atoms with Crippen molar-refractivity contribution >= 4 is 81.5 Å². The van der Waals surface area contributed by atoms with Crippen LogP contribution in [0.3, 0.4) is 0 Å². The predicted molar refractivity (Wildman–Crippen MR) is 109 cm³/mol. The summed E-state index contributed by atoms with van der Waals surface area (Å²) in [7, 11) is 0. The number of esters is 2. The smallest absolute Gasteiger partial charge is 0.312 e. The van der Waals surface area contributed by atoms with Gasteiger partial charge in [-0.1, -0.05) is 73.1 Å². The van der Waals surface area contributed by atoms with Crippen molar-refractivity contribution in [3.05, 3.63) is 10.1 Å². The molecular weight excluding hydrogens is 481 g/mol. The molecule has 10 heteroatoms. The molecule has 0 N–H and O–H groups in total. The number of unbranched alkanes of at least 4 members (excludes halogenated alkanes) is 2.